The van der Waals surface area contributed by atoms with Crippen LogP contribution >= 0.6 is 0 Å². The number of likely N-dealkylation sites (tertiary alicyclic amines) is 2. The minimum absolute atomic E-state index is 0.132. The Morgan fingerprint density at radius 3 is 2.06 bits per heavy atom. The molecule has 4 N–H and O–H groups in total. The van der Waals surface area contributed by atoms with Gasteiger partial charge in [0.15, 0.2) is 5.79 Å². The number of imidazole rings is 2. The molecule has 62 heavy (non-hydrogen) atoms. The molecule has 3 aliphatic rings. The Bertz CT molecular complexity index is 2600. The van der Waals surface area contributed by atoms with Crippen LogP contribution in [0.1, 0.15) is 54.6 Å². The number of alkyl carbamates (subject to hydrolysis) is 2. The molecule has 0 bridgehead atoms. The van der Waals surface area contributed by atoms with E-state index in [1.54, 1.807) is 34.3 Å². The molecule has 0 aliphatic carbocycles. The lowest BCUT2D eigenvalue weighted by Gasteiger charge is -2.28. The lowest BCUT2D eigenvalue weighted by atomic mass is 9.98. The number of ether oxygens (including phenoxy) is 4. The van der Waals surface area contributed by atoms with Crippen molar-refractivity contribution in [1.29, 1.82) is 0 Å². The Labute approximate surface area is 356 Å². The number of fused-ring (bicyclic) bond motifs is 1. The molecule has 2 aromatic heterocycles. The van der Waals surface area contributed by atoms with Crippen LogP contribution in [0.4, 0.5) is 9.59 Å². The van der Waals surface area contributed by atoms with Gasteiger partial charge >= 0.3 is 12.2 Å². The van der Waals surface area contributed by atoms with Crippen LogP contribution < -0.4 is 10.6 Å². The number of rotatable bonds is 10. The molecule has 3 aliphatic heterocycles. The SMILES string of the molecule is COC(=O)NCC(=O)N1CCC[C@H]1c1ncc(-c2ccc3cc(-c4ccc(-c5cnc([C@@H]6CC7(CN6C(=O)[C@H](NC(=O)OC)c6ccccc6)OCCO7)[nH]5)cc4)ccc3c2)[nH]1. The van der Waals surface area contributed by atoms with Crippen molar-refractivity contribution in [2.24, 2.45) is 0 Å². The van der Waals surface area contributed by atoms with Crippen LogP contribution in [0.25, 0.3) is 44.4 Å². The molecule has 6 aromatic rings. The van der Waals surface area contributed by atoms with Crippen LogP contribution in [0.15, 0.2) is 103 Å². The third-order valence-corrected chi connectivity index (χ3v) is 11.9. The van der Waals surface area contributed by atoms with E-state index < -0.39 is 30.1 Å². The average molecular weight is 839 g/mol. The number of amides is 4. The molecule has 4 aromatic carbocycles. The summed E-state index contributed by atoms with van der Waals surface area (Å²) in [6.45, 7) is 1.48. The summed E-state index contributed by atoms with van der Waals surface area (Å²) in [6, 6.07) is 28.2. The number of aromatic nitrogens is 4. The number of nitrogens with one attached hydrogen (secondary N) is 4. The van der Waals surface area contributed by atoms with Crippen LogP contribution in [-0.2, 0) is 28.5 Å². The molecular weight excluding hydrogens is 793 g/mol. The topological polar surface area (TPSA) is 193 Å². The number of H-pyrrole nitrogens is 2. The monoisotopic (exact) mass is 838 g/mol. The van der Waals surface area contributed by atoms with Crippen molar-refractivity contribution in [3.63, 3.8) is 0 Å². The Morgan fingerprint density at radius 1 is 0.758 bits per heavy atom. The van der Waals surface area contributed by atoms with Gasteiger partial charge in [-0.1, -0.05) is 78.9 Å². The summed E-state index contributed by atoms with van der Waals surface area (Å²) in [6.07, 6.45) is 4.21. The largest absolute Gasteiger partial charge is 0.453 e. The van der Waals surface area contributed by atoms with Crippen molar-refractivity contribution in [2.75, 3.05) is 47.1 Å². The molecule has 16 heteroatoms. The first-order valence-corrected chi connectivity index (χ1v) is 20.5. The van der Waals surface area contributed by atoms with Crippen molar-refractivity contribution in [1.82, 2.24) is 40.4 Å². The average Bonchev–Trinajstić information content (AvgIpc) is 4.18. The fraction of sp³-hybridized carbons (Fsp3) is 0.304. The van der Waals surface area contributed by atoms with E-state index in [-0.39, 0.29) is 30.9 Å². The first-order valence-electron chi connectivity index (χ1n) is 20.5. The summed E-state index contributed by atoms with van der Waals surface area (Å²) >= 11 is 0. The molecule has 318 valence electrons. The molecule has 3 fully saturated rings. The molecule has 1 spiro atoms. The standard InChI is InChI=1S/C46H46N8O8/c1-59-44(57)49-26-39(55)53-18-6-9-37(53)41-47-25-36(51-41)34-17-16-32-21-31(14-15-33(32)22-34)28-10-12-29(13-11-28)35-24-48-42(50-35)38-23-46(61-19-20-62-46)27-54(38)43(56)40(52-45(58)60-2)30-7-4-3-5-8-30/h3-5,7-8,10-17,21-22,24-25,37-38,40H,6,9,18-20,23,26-27H2,1-2H3,(H,47,51)(H,48,50)(H,49,57)(H,52,58)/t37-,38-,40+/m0/s1. The highest BCUT2D eigenvalue weighted by Gasteiger charge is 2.52. The maximum atomic E-state index is 14.3. The van der Waals surface area contributed by atoms with Gasteiger partial charge in [-0.2, -0.15) is 0 Å². The second-order valence-corrected chi connectivity index (χ2v) is 15.6. The molecule has 0 radical (unpaired) electrons. The zero-order chi connectivity index (χ0) is 42.8. The quantitative estimate of drug-likeness (QED) is 0.120. The van der Waals surface area contributed by atoms with Crippen molar-refractivity contribution in [3.05, 3.63) is 121 Å². The maximum absolute atomic E-state index is 14.3. The second-order valence-electron chi connectivity index (χ2n) is 15.6. The lowest BCUT2D eigenvalue weighted by Crippen LogP contribution is -2.44. The van der Waals surface area contributed by atoms with E-state index in [0.29, 0.717) is 43.4 Å². The molecule has 3 atom stereocenters. The van der Waals surface area contributed by atoms with Gasteiger partial charge in [-0.3, -0.25) is 9.59 Å². The molecule has 0 unspecified atom stereocenters. The molecular formula is C46H46N8O8. The minimum Gasteiger partial charge on any atom is -0.453 e. The predicted molar refractivity (Wildman–Crippen MR) is 227 cm³/mol. The Morgan fingerprint density at radius 2 is 1.37 bits per heavy atom. The van der Waals surface area contributed by atoms with Crippen LogP contribution in [0.5, 0.6) is 0 Å². The van der Waals surface area contributed by atoms with Crippen molar-refractivity contribution in [3.8, 4) is 33.6 Å². The summed E-state index contributed by atoms with van der Waals surface area (Å²) < 4.78 is 21.6. The zero-order valence-corrected chi connectivity index (χ0v) is 34.3. The predicted octanol–water partition coefficient (Wildman–Crippen LogP) is 6.42. The van der Waals surface area contributed by atoms with E-state index in [0.717, 1.165) is 57.3 Å². The second kappa shape index (κ2) is 17.1. The van der Waals surface area contributed by atoms with E-state index in [1.165, 1.54) is 14.2 Å². The highest BCUT2D eigenvalue weighted by molar-refractivity contribution is 5.91. The van der Waals surface area contributed by atoms with Gasteiger partial charge in [0.1, 0.15) is 24.2 Å². The molecule has 16 nitrogen and oxygen atoms in total. The molecule has 0 saturated carbocycles. The summed E-state index contributed by atoms with van der Waals surface area (Å²) in [5, 5.41) is 7.33. The first-order chi connectivity index (χ1) is 30.2. The lowest BCUT2D eigenvalue weighted by molar-refractivity contribution is -0.153. The number of hydrogen-bond donors (Lipinski definition) is 4. The number of carbonyl (C=O) groups excluding carboxylic acids is 4. The minimum atomic E-state index is -0.996. The van der Waals surface area contributed by atoms with Gasteiger partial charge in [0, 0.05) is 18.5 Å². The summed E-state index contributed by atoms with van der Waals surface area (Å²) in [5.41, 5.74) is 6.28. The van der Waals surface area contributed by atoms with E-state index in [4.69, 9.17) is 19.2 Å². The Kier molecular flexibility index (Phi) is 11.2. The Balaban J connectivity index is 0.898. The van der Waals surface area contributed by atoms with Gasteiger partial charge in [0.05, 0.1) is 69.8 Å². The van der Waals surface area contributed by atoms with Gasteiger partial charge < -0.3 is 49.3 Å². The number of hydrogen-bond acceptors (Lipinski definition) is 10. The normalized spacial score (nSPS) is 18.5. The summed E-state index contributed by atoms with van der Waals surface area (Å²) in [4.78, 5) is 70.8. The highest BCUT2D eigenvalue weighted by atomic mass is 16.7. The van der Waals surface area contributed by atoms with Crippen molar-refractivity contribution in [2.45, 2.75) is 43.2 Å². The maximum Gasteiger partial charge on any atom is 0.407 e. The third kappa shape index (κ3) is 8.09. The number of carbonyl (C=O) groups is 4. The fourth-order valence-corrected chi connectivity index (χ4v) is 8.71. The third-order valence-electron chi connectivity index (χ3n) is 11.9. The van der Waals surface area contributed by atoms with Crippen LogP contribution in [0, 0.1) is 0 Å². The van der Waals surface area contributed by atoms with Gasteiger partial charge in [0.25, 0.3) is 5.91 Å². The van der Waals surface area contributed by atoms with Crippen LogP contribution in [-0.4, -0.2) is 107 Å². The van der Waals surface area contributed by atoms with Gasteiger partial charge in [-0.05, 0) is 58.0 Å². The Hall–Kier alpha value is -7.04. The smallest absolute Gasteiger partial charge is 0.407 e. The molecule has 3 saturated heterocycles. The number of nitrogens with zero attached hydrogens (tertiary/aromatic N) is 4. The zero-order valence-electron chi connectivity index (χ0n) is 34.3. The first kappa shape index (κ1) is 40.4. The van der Waals surface area contributed by atoms with E-state index in [1.807, 2.05) is 30.3 Å². The van der Waals surface area contributed by atoms with Gasteiger partial charge in [0.2, 0.25) is 5.91 Å². The van der Waals surface area contributed by atoms with Crippen molar-refractivity contribution < 1.29 is 38.1 Å². The highest BCUT2D eigenvalue weighted by Crippen LogP contribution is 2.43. The number of benzene rings is 4. The van der Waals surface area contributed by atoms with Crippen molar-refractivity contribution >= 4 is 34.8 Å². The number of methoxy groups -OCH3 is 2. The molecule has 9 rings (SSSR count). The molecule has 5 heterocycles. The van der Waals surface area contributed by atoms with Gasteiger partial charge in [-0.15, -0.1) is 0 Å². The summed E-state index contributed by atoms with van der Waals surface area (Å²) in [7, 11) is 2.53. The van der Waals surface area contributed by atoms with Gasteiger partial charge in [-0.25, -0.2) is 19.6 Å². The van der Waals surface area contributed by atoms with Crippen LogP contribution in [0.2, 0.25) is 0 Å². The van der Waals surface area contributed by atoms with E-state index >= 15 is 0 Å². The fourth-order valence-electron chi connectivity index (χ4n) is 8.71. The summed E-state index contributed by atoms with van der Waals surface area (Å²) in [5.74, 6) is -0.189. The number of aromatic amines is 2. The molecule has 4 amide bonds. The van der Waals surface area contributed by atoms with E-state index in [9.17, 15) is 19.2 Å². The van der Waals surface area contributed by atoms with Crippen LogP contribution in [0.3, 0.4) is 0 Å². The van der Waals surface area contributed by atoms with E-state index in [2.05, 4.69) is 78.9 Å².